The molecule has 1 aliphatic rings. The first-order chi connectivity index (χ1) is 7.18. The van der Waals surface area contributed by atoms with Crippen molar-refractivity contribution >= 4 is 5.91 Å². The van der Waals surface area contributed by atoms with Gasteiger partial charge >= 0.3 is 0 Å². The number of hydrogen-bond acceptors (Lipinski definition) is 2. The lowest BCUT2D eigenvalue weighted by atomic mass is 9.85. The third kappa shape index (κ3) is 5.78. The van der Waals surface area contributed by atoms with Crippen LogP contribution in [0.3, 0.4) is 0 Å². The summed E-state index contributed by atoms with van der Waals surface area (Å²) < 4.78 is 0. The van der Waals surface area contributed by atoms with Gasteiger partial charge in [-0.15, -0.1) is 0 Å². The Kier molecular flexibility index (Phi) is 5.69. The van der Waals surface area contributed by atoms with Crippen molar-refractivity contribution in [3.8, 4) is 0 Å². The molecule has 0 aromatic carbocycles. The van der Waals surface area contributed by atoms with Crippen LogP contribution in [0.1, 0.15) is 39.5 Å². The Morgan fingerprint density at radius 1 is 1.40 bits per heavy atom. The van der Waals surface area contributed by atoms with Crippen LogP contribution in [0.2, 0.25) is 0 Å². The Morgan fingerprint density at radius 3 is 2.67 bits per heavy atom. The van der Waals surface area contributed by atoms with Gasteiger partial charge in [0.15, 0.2) is 0 Å². The molecule has 0 aromatic rings. The van der Waals surface area contributed by atoms with Crippen molar-refractivity contribution < 1.29 is 4.79 Å². The van der Waals surface area contributed by atoms with Gasteiger partial charge in [-0.3, -0.25) is 4.79 Å². The molecule has 1 amide bonds. The lowest BCUT2D eigenvalue weighted by Crippen LogP contribution is -2.33. The molecule has 15 heavy (non-hydrogen) atoms. The molecule has 0 saturated heterocycles. The third-order valence-electron chi connectivity index (χ3n) is 2.89. The Balaban J connectivity index is 1.87. The molecule has 1 rings (SSSR count). The van der Waals surface area contributed by atoms with E-state index >= 15 is 0 Å². The van der Waals surface area contributed by atoms with E-state index in [1.54, 1.807) is 0 Å². The van der Waals surface area contributed by atoms with Crippen LogP contribution in [0.5, 0.6) is 0 Å². The second-order valence-corrected chi connectivity index (χ2v) is 4.95. The molecule has 1 fully saturated rings. The van der Waals surface area contributed by atoms with Crippen molar-refractivity contribution in [3.05, 3.63) is 0 Å². The van der Waals surface area contributed by atoms with E-state index in [-0.39, 0.29) is 5.91 Å². The van der Waals surface area contributed by atoms with Gasteiger partial charge in [-0.2, -0.15) is 0 Å². The molecule has 1 aliphatic carbocycles. The van der Waals surface area contributed by atoms with E-state index in [4.69, 9.17) is 0 Å². The highest BCUT2D eigenvalue weighted by Crippen LogP contribution is 2.24. The molecular formula is C12H24N2O. The zero-order valence-electron chi connectivity index (χ0n) is 10.0. The van der Waals surface area contributed by atoms with Crippen LogP contribution in [0.15, 0.2) is 0 Å². The topological polar surface area (TPSA) is 41.1 Å². The Hall–Kier alpha value is -0.570. The van der Waals surface area contributed by atoms with Crippen LogP contribution in [0, 0.1) is 11.8 Å². The normalized spacial score (nSPS) is 16.5. The van der Waals surface area contributed by atoms with Crippen molar-refractivity contribution in [1.29, 1.82) is 0 Å². The second-order valence-electron chi connectivity index (χ2n) is 4.95. The number of rotatable bonds is 7. The van der Waals surface area contributed by atoms with Crippen molar-refractivity contribution in [3.63, 3.8) is 0 Å². The molecule has 88 valence electrons. The summed E-state index contributed by atoms with van der Waals surface area (Å²) in [5.41, 5.74) is 0. The minimum atomic E-state index is 0.171. The summed E-state index contributed by atoms with van der Waals surface area (Å²) in [6.07, 6.45) is 4.74. The van der Waals surface area contributed by atoms with Crippen LogP contribution >= 0.6 is 0 Å². The van der Waals surface area contributed by atoms with E-state index in [1.165, 1.54) is 19.3 Å². The predicted molar refractivity (Wildman–Crippen MR) is 62.7 cm³/mol. The van der Waals surface area contributed by atoms with Gasteiger partial charge in [-0.05, 0) is 31.2 Å². The molecule has 2 N–H and O–H groups in total. The van der Waals surface area contributed by atoms with Gasteiger partial charge < -0.3 is 10.6 Å². The molecule has 0 unspecified atom stereocenters. The SMILES string of the molecule is CC(C)CNC(=O)CCNCC1CCC1. The second kappa shape index (κ2) is 6.83. The van der Waals surface area contributed by atoms with E-state index < -0.39 is 0 Å². The van der Waals surface area contributed by atoms with Crippen molar-refractivity contribution in [1.82, 2.24) is 10.6 Å². The molecule has 0 heterocycles. The summed E-state index contributed by atoms with van der Waals surface area (Å²) in [4.78, 5) is 11.3. The average Bonchev–Trinajstić information content (AvgIpc) is 2.11. The fourth-order valence-corrected chi connectivity index (χ4v) is 1.61. The number of amides is 1. The zero-order valence-corrected chi connectivity index (χ0v) is 10.0. The third-order valence-corrected chi connectivity index (χ3v) is 2.89. The predicted octanol–water partition coefficient (Wildman–Crippen LogP) is 1.54. The van der Waals surface area contributed by atoms with Gasteiger partial charge in [-0.1, -0.05) is 20.3 Å². The van der Waals surface area contributed by atoms with E-state index in [1.807, 2.05) is 0 Å². The van der Waals surface area contributed by atoms with E-state index in [2.05, 4.69) is 24.5 Å². The van der Waals surface area contributed by atoms with Crippen LogP contribution in [0.4, 0.5) is 0 Å². The van der Waals surface area contributed by atoms with Crippen molar-refractivity contribution in [2.75, 3.05) is 19.6 Å². The minimum Gasteiger partial charge on any atom is -0.356 e. The first kappa shape index (κ1) is 12.5. The van der Waals surface area contributed by atoms with Gasteiger partial charge in [0.25, 0.3) is 0 Å². The van der Waals surface area contributed by atoms with E-state index in [9.17, 15) is 4.79 Å². The maximum Gasteiger partial charge on any atom is 0.221 e. The van der Waals surface area contributed by atoms with Gasteiger partial charge in [0.1, 0.15) is 0 Å². The molecule has 0 radical (unpaired) electrons. The quantitative estimate of drug-likeness (QED) is 0.629. The number of nitrogens with one attached hydrogen (secondary N) is 2. The standard InChI is InChI=1S/C12H24N2O/c1-10(2)8-14-12(15)6-7-13-9-11-4-3-5-11/h10-11,13H,3-9H2,1-2H3,(H,14,15). The summed E-state index contributed by atoms with van der Waals surface area (Å²) in [6.45, 7) is 6.92. The molecule has 0 bridgehead atoms. The van der Waals surface area contributed by atoms with Crippen molar-refractivity contribution in [2.24, 2.45) is 11.8 Å². The number of carbonyl (C=O) groups is 1. The highest BCUT2D eigenvalue weighted by atomic mass is 16.1. The lowest BCUT2D eigenvalue weighted by Gasteiger charge is -2.25. The Morgan fingerprint density at radius 2 is 2.13 bits per heavy atom. The van der Waals surface area contributed by atoms with Crippen LogP contribution < -0.4 is 10.6 Å². The largest absolute Gasteiger partial charge is 0.356 e. The number of hydrogen-bond donors (Lipinski definition) is 2. The summed E-state index contributed by atoms with van der Waals surface area (Å²) in [5, 5.41) is 6.26. The van der Waals surface area contributed by atoms with Crippen LogP contribution in [-0.4, -0.2) is 25.5 Å². The first-order valence-electron chi connectivity index (χ1n) is 6.16. The van der Waals surface area contributed by atoms with Gasteiger partial charge in [0.05, 0.1) is 0 Å². The van der Waals surface area contributed by atoms with Gasteiger partial charge in [0, 0.05) is 19.5 Å². The minimum absolute atomic E-state index is 0.171. The maximum atomic E-state index is 11.3. The first-order valence-corrected chi connectivity index (χ1v) is 6.16. The summed E-state index contributed by atoms with van der Waals surface area (Å²) >= 11 is 0. The molecule has 3 nitrogen and oxygen atoms in total. The average molecular weight is 212 g/mol. The van der Waals surface area contributed by atoms with Crippen LogP contribution in [-0.2, 0) is 4.79 Å². The number of carbonyl (C=O) groups excluding carboxylic acids is 1. The molecule has 3 heteroatoms. The highest BCUT2D eigenvalue weighted by molar-refractivity contribution is 5.76. The fourth-order valence-electron chi connectivity index (χ4n) is 1.61. The lowest BCUT2D eigenvalue weighted by molar-refractivity contribution is -0.121. The highest BCUT2D eigenvalue weighted by Gasteiger charge is 2.16. The van der Waals surface area contributed by atoms with Gasteiger partial charge in [0.2, 0.25) is 5.91 Å². The monoisotopic (exact) mass is 212 g/mol. The zero-order chi connectivity index (χ0) is 11.1. The molecule has 0 atom stereocenters. The molecular weight excluding hydrogens is 188 g/mol. The molecule has 0 aromatic heterocycles. The summed E-state index contributed by atoms with van der Waals surface area (Å²) in [7, 11) is 0. The molecule has 0 aliphatic heterocycles. The molecule has 0 spiro atoms. The molecule has 1 saturated carbocycles. The smallest absolute Gasteiger partial charge is 0.221 e. The summed E-state index contributed by atoms with van der Waals surface area (Å²) in [6, 6.07) is 0. The van der Waals surface area contributed by atoms with Crippen molar-refractivity contribution in [2.45, 2.75) is 39.5 Å². The Labute approximate surface area is 93.0 Å². The van der Waals surface area contributed by atoms with E-state index in [0.29, 0.717) is 12.3 Å². The van der Waals surface area contributed by atoms with Crippen LogP contribution in [0.25, 0.3) is 0 Å². The van der Waals surface area contributed by atoms with Gasteiger partial charge in [-0.25, -0.2) is 0 Å². The fraction of sp³-hybridized carbons (Fsp3) is 0.917. The summed E-state index contributed by atoms with van der Waals surface area (Å²) in [5.74, 6) is 1.59. The Bertz CT molecular complexity index is 188. The maximum absolute atomic E-state index is 11.3. The van der Waals surface area contributed by atoms with E-state index in [0.717, 1.165) is 25.6 Å².